The summed E-state index contributed by atoms with van der Waals surface area (Å²) >= 11 is 0. The van der Waals surface area contributed by atoms with E-state index in [0.29, 0.717) is 17.1 Å². The van der Waals surface area contributed by atoms with Gasteiger partial charge in [0, 0.05) is 6.07 Å². The van der Waals surface area contributed by atoms with Crippen molar-refractivity contribution in [3.05, 3.63) is 23.8 Å². The van der Waals surface area contributed by atoms with Crippen molar-refractivity contribution in [3.63, 3.8) is 0 Å². The summed E-state index contributed by atoms with van der Waals surface area (Å²) < 4.78 is 5.21. The molecule has 0 spiro atoms. The summed E-state index contributed by atoms with van der Waals surface area (Å²) in [6.45, 7) is 5.45. The van der Waals surface area contributed by atoms with Crippen molar-refractivity contribution in [2.24, 2.45) is 0 Å². The topological polar surface area (TPSA) is 44.8 Å². The second kappa shape index (κ2) is 3.15. The van der Waals surface area contributed by atoms with Gasteiger partial charge in [-0.2, -0.15) is 0 Å². The Kier molecular flexibility index (Phi) is 2.07. The number of ether oxygens (including phenoxy) is 1. The van der Waals surface area contributed by atoms with Crippen LogP contribution in [0.4, 0.5) is 0 Å². The summed E-state index contributed by atoms with van der Waals surface area (Å²) in [6.07, 6.45) is 0. The maximum atomic E-state index is 11.7. The fraction of sp³-hybridized carbons (Fsp3) is 0.364. The Balaban J connectivity index is 2.22. The zero-order valence-corrected chi connectivity index (χ0v) is 8.87. The van der Waals surface area contributed by atoms with E-state index in [-0.39, 0.29) is 0 Å². The third-order valence-corrected chi connectivity index (χ3v) is 1.80. The fourth-order valence-electron chi connectivity index (χ4n) is 1.22. The molecule has 0 unspecified atom stereocenters. The van der Waals surface area contributed by atoms with Gasteiger partial charge in [0.05, 0.1) is 0 Å². The maximum absolute atomic E-state index is 11.7. The average molecular weight is 208 g/mol. The van der Waals surface area contributed by atoms with Crippen LogP contribution in [0.1, 0.15) is 31.1 Å². The summed E-state index contributed by atoms with van der Waals surface area (Å²) in [5.74, 6) is 0.591. The number of fused-ring (bicyclic) bond motifs is 2. The summed E-state index contributed by atoms with van der Waals surface area (Å²) in [5.41, 5.74) is -0.131. The Hall–Kier alpha value is -1.71. The first kappa shape index (κ1) is 9.83. The summed E-state index contributed by atoms with van der Waals surface area (Å²) in [7, 11) is 0. The van der Waals surface area contributed by atoms with Gasteiger partial charge in [0.25, 0.3) is 0 Å². The number of carbonyl (C=O) groups excluding carboxylic acids is 1. The van der Waals surface area contributed by atoms with Crippen molar-refractivity contribution in [1.82, 2.24) is 0 Å². The summed E-state index contributed by atoms with van der Waals surface area (Å²) in [4.78, 5) is 21.4. The lowest BCUT2D eigenvalue weighted by Crippen LogP contribution is -2.24. The SMILES string of the molecule is CC(C)(C)OC(=O)c1ccc2cc1OO2. The van der Waals surface area contributed by atoms with Crippen molar-refractivity contribution in [3.8, 4) is 11.5 Å². The largest absolute Gasteiger partial charge is 0.456 e. The van der Waals surface area contributed by atoms with E-state index in [1.807, 2.05) is 20.8 Å². The maximum Gasteiger partial charge on any atom is 0.342 e. The minimum Gasteiger partial charge on any atom is -0.456 e. The van der Waals surface area contributed by atoms with Gasteiger partial charge in [0.1, 0.15) is 11.2 Å². The van der Waals surface area contributed by atoms with Gasteiger partial charge < -0.3 is 4.74 Å². The van der Waals surface area contributed by atoms with Crippen molar-refractivity contribution >= 4 is 5.97 Å². The van der Waals surface area contributed by atoms with Crippen LogP contribution in [0, 0.1) is 0 Å². The molecule has 1 aliphatic heterocycles. The molecule has 1 aromatic carbocycles. The number of benzene rings is 1. The van der Waals surface area contributed by atoms with E-state index in [2.05, 4.69) is 0 Å². The van der Waals surface area contributed by atoms with Crippen LogP contribution in [-0.2, 0) is 4.74 Å². The number of rotatable bonds is 1. The molecule has 0 aromatic heterocycles. The highest BCUT2D eigenvalue weighted by Gasteiger charge is 2.24. The molecular weight excluding hydrogens is 196 g/mol. The normalized spacial score (nSPS) is 13.0. The van der Waals surface area contributed by atoms with E-state index in [0.717, 1.165) is 0 Å². The highest BCUT2D eigenvalue weighted by molar-refractivity contribution is 5.93. The molecule has 0 aliphatic carbocycles. The van der Waals surface area contributed by atoms with Crippen LogP contribution < -0.4 is 9.78 Å². The highest BCUT2D eigenvalue weighted by atomic mass is 17.2. The van der Waals surface area contributed by atoms with E-state index in [1.165, 1.54) is 0 Å². The number of carbonyl (C=O) groups is 1. The third-order valence-electron chi connectivity index (χ3n) is 1.80. The summed E-state index contributed by atoms with van der Waals surface area (Å²) in [5, 5.41) is 0. The van der Waals surface area contributed by atoms with Gasteiger partial charge in [0.2, 0.25) is 0 Å². The lowest BCUT2D eigenvalue weighted by molar-refractivity contribution is -0.0856. The molecule has 80 valence electrons. The Labute approximate surface area is 87.7 Å². The van der Waals surface area contributed by atoms with Crippen LogP contribution in [0.2, 0.25) is 0 Å². The Morgan fingerprint density at radius 1 is 1.27 bits per heavy atom. The van der Waals surface area contributed by atoms with Gasteiger partial charge >= 0.3 is 5.97 Å². The molecule has 0 atom stereocenters. The second-order valence-corrected chi connectivity index (χ2v) is 4.33. The lowest BCUT2D eigenvalue weighted by atomic mass is 10.1. The van der Waals surface area contributed by atoms with Crippen LogP contribution in [0.15, 0.2) is 18.2 Å². The number of hydrogen-bond acceptors (Lipinski definition) is 4. The van der Waals surface area contributed by atoms with Crippen LogP contribution in [0.25, 0.3) is 0 Å². The minimum absolute atomic E-state index is 0.381. The van der Waals surface area contributed by atoms with E-state index in [1.54, 1.807) is 18.2 Å². The highest BCUT2D eigenvalue weighted by Crippen LogP contribution is 2.31. The Morgan fingerprint density at radius 3 is 2.67 bits per heavy atom. The van der Waals surface area contributed by atoms with E-state index < -0.39 is 11.6 Å². The van der Waals surface area contributed by atoms with E-state index in [4.69, 9.17) is 14.5 Å². The quantitative estimate of drug-likeness (QED) is 0.524. The molecule has 0 saturated carbocycles. The molecule has 1 heterocycles. The first-order chi connectivity index (χ1) is 6.96. The van der Waals surface area contributed by atoms with Crippen LogP contribution in [0.3, 0.4) is 0 Å². The zero-order chi connectivity index (χ0) is 11.1. The van der Waals surface area contributed by atoms with E-state index >= 15 is 0 Å². The first-order valence-electron chi connectivity index (χ1n) is 4.68. The lowest BCUT2D eigenvalue weighted by Gasteiger charge is -2.19. The van der Waals surface area contributed by atoms with Gasteiger partial charge in [-0.1, -0.05) is 0 Å². The predicted molar refractivity (Wildman–Crippen MR) is 52.9 cm³/mol. The monoisotopic (exact) mass is 208 g/mol. The fourth-order valence-corrected chi connectivity index (χ4v) is 1.22. The molecule has 0 radical (unpaired) electrons. The Morgan fingerprint density at radius 2 is 2.00 bits per heavy atom. The average Bonchev–Trinajstić information content (AvgIpc) is 2.45. The van der Waals surface area contributed by atoms with Gasteiger partial charge in [0.15, 0.2) is 11.5 Å². The van der Waals surface area contributed by atoms with Crippen LogP contribution in [-0.4, -0.2) is 11.6 Å². The smallest absolute Gasteiger partial charge is 0.342 e. The molecule has 15 heavy (non-hydrogen) atoms. The first-order valence-corrected chi connectivity index (χ1v) is 4.68. The standard InChI is InChI=1S/C11H12O4/c1-11(2,3)13-10(12)8-5-4-7-6-9(8)15-14-7/h4-6H,1-3H3. The molecule has 2 rings (SSSR count). The Bertz CT molecular complexity index is 404. The predicted octanol–water partition coefficient (Wildman–Crippen LogP) is 2.33. The van der Waals surface area contributed by atoms with Gasteiger partial charge in [-0.05, 0) is 32.9 Å². The van der Waals surface area contributed by atoms with Gasteiger partial charge in [-0.3, -0.25) is 9.78 Å². The molecule has 1 aromatic rings. The van der Waals surface area contributed by atoms with Crippen LogP contribution >= 0.6 is 0 Å². The molecule has 0 amide bonds. The molecule has 4 nitrogen and oxygen atoms in total. The zero-order valence-electron chi connectivity index (χ0n) is 8.87. The molecule has 0 N–H and O–H groups in total. The molecule has 0 saturated heterocycles. The molecular formula is C11H12O4. The molecule has 1 aliphatic rings. The van der Waals surface area contributed by atoms with Crippen molar-refractivity contribution in [2.45, 2.75) is 26.4 Å². The van der Waals surface area contributed by atoms with Gasteiger partial charge in [-0.15, -0.1) is 0 Å². The molecule has 4 heteroatoms. The van der Waals surface area contributed by atoms with Crippen molar-refractivity contribution < 1.29 is 19.3 Å². The summed E-state index contributed by atoms with van der Waals surface area (Å²) in [6, 6.07) is 4.95. The molecule has 2 bridgehead atoms. The van der Waals surface area contributed by atoms with Gasteiger partial charge in [-0.25, -0.2) is 4.79 Å². The van der Waals surface area contributed by atoms with Crippen molar-refractivity contribution in [2.75, 3.05) is 0 Å². The van der Waals surface area contributed by atoms with E-state index in [9.17, 15) is 4.79 Å². The number of esters is 1. The minimum atomic E-state index is -0.512. The van der Waals surface area contributed by atoms with Crippen LogP contribution in [0.5, 0.6) is 11.5 Å². The second-order valence-electron chi connectivity index (χ2n) is 4.33. The number of hydrogen-bond donors (Lipinski definition) is 0. The molecule has 0 fully saturated rings. The third kappa shape index (κ3) is 2.03. The van der Waals surface area contributed by atoms with Crippen molar-refractivity contribution in [1.29, 1.82) is 0 Å².